The first kappa shape index (κ1) is 18.0. The molecule has 0 aromatic rings. The Morgan fingerprint density at radius 1 is 1.27 bits per heavy atom. The fourth-order valence-electron chi connectivity index (χ4n) is 6.43. The van der Waals surface area contributed by atoms with Crippen LogP contribution in [0.2, 0.25) is 0 Å². The average Bonchev–Trinajstić information content (AvgIpc) is 2.91. The minimum atomic E-state index is -0.168. The standard InChI is InChI=1S/C22H27ClO3/c1-13(25)26-20-7-6-17-16-5-4-15-10-19(23)14(12-24)11-22(15,3)18(16)8-9-21(17,20)2/h4-5,10,12,16-18,20H,6-9,11H2,1-3H3/t16-,17-,18-,20?,21-,22-/m0/s1. The number of hydrogen-bond acceptors (Lipinski definition) is 3. The summed E-state index contributed by atoms with van der Waals surface area (Å²) in [4.78, 5) is 23.0. The molecular weight excluding hydrogens is 348 g/mol. The Morgan fingerprint density at radius 2 is 2.04 bits per heavy atom. The van der Waals surface area contributed by atoms with Gasteiger partial charge >= 0.3 is 5.97 Å². The summed E-state index contributed by atoms with van der Waals surface area (Å²) in [5.74, 6) is 1.34. The smallest absolute Gasteiger partial charge is 0.302 e. The molecule has 0 radical (unpaired) electrons. The number of allylic oxidation sites excluding steroid dienone is 6. The van der Waals surface area contributed by atoms with Crippen molar-refractivity contribution in [1.29, 1.82) is 0 Å². The Labute approximate surface area is 160 Å². The summed E-state index contributed by atoms with van der Waals surface area (Å²) in [6.45, 7) is 6.12. The van der Waals surface area contributed by atoms with Gasteiger partial charge in [-0.05, 0) is 61.5 Å². The van der Waals surface area contributed by atoms with Crippen molar-refractivity contribution < 1.29 is 14.3 Å². The van der Waals surface area contributed by atoms with Gasteiger partial charge in [0.05, 0.1) is 0 Å². The van der Waals surface area contributed by atoms with Crippen molar-refractivity contribution in [1.82, 2.24) is 0 Å². The molecule has 6 atom stereocenters. The number of fused-ring (bicyclic) bond motifs is 5. The summed E-state index contributed by atoms with van der Waals surface area (Å²) >= 11 is 6.31. The molecule has 0 spiro atoms. The van der Waals surface area contributed by atoms with Crippen molar-refractivity contribution in [3.05, 3.63) is 34.4 Å². The summed E-state index contributed by atoms with van der Waals surface area (Å²) in [5.41, 5.74) is 2.01. The van der Waals surface area contributed by atoms with E-state index in [1.807, 2.05) is 6.08 Å². The van der Waals surface area contributed by atoms with E-state index in [1.165, 1.54) is 12.5 Å². The second-order valence-electron chi connectivity index (χ2n) is 9.05. The molecule has 0 saturated heterocycles. The molecule has 0 aromatic heterocycles. The zero-order valence-electron chi connectivity index (χ0n) is 15.8. The van der Waals surface area contributed by atoms with E-state index in [-0.39, 0.29) is 22.9 Å². The van der Waals surface area contributed by atoms with Crippen molar-refractivity contribution >= 4 is 23.9 Å². The summed E-state index contributed by atoms with van der Waals surface area (Å²) in [6, 6.07) is 0. The van der Waals surface area contributed by atoms with Gasteiger partial charge in [0, 0.05) is 28.4 Å². The van der Waals surface area contributed by atoms with Gasteiger partial charge in [-0.2, -0.15) is 0 Å². The molecule has 0 bridgehead atoms. The summed E-state index contributed by atoms with van der Waals surface area (Å²) in [6.07, 6.45) is 12.5. The molecule has 1 unspecified atom stereocenters. The second-order valence-corrected chi connectivity index (χ2v) is 9.46. The molecular formula is C22H27ClO3. The normalized spacial score (nSPS) is 43.9. The second kappa shape index (κ2) is 6.09. The van der Waals surface area contributed by atoms with Gasteiger partial charge in [0.1, 0.15) is 12.4 Å². The van der Waals surface area contributed by atoms with E-state index < -0.39 is 0 Å². The summed E-state index contributed by atoms with van der Waals surface area (Å²) < 4.78 is 5.70. The highest BCUT2D eigenvalue weighted by Crippen LogP contribution is 2.64. The van der Waals surface area contributed by atoms with Crippen LogP contribution in [0.3, 0.4) is 0 Å². The fraction of sp³-hybridized carbons (Fsp3) is 0.636. The molecule has 0 amide bonds. The zero-order chi connectivity index (χ0) is 18.7. The highest BCUT2D eigenvalue weighted by molar-refractivity contribution is 6.33. The Balaban J connectivity index is 1.68. The Morgan fingerprint density at radius 3 is 2.73 bits per heavy atom. The van der Waals surface area contributed by atoms with Crippen molar-refractivity contribution in [2.45, 2.75) is 59.0 Å². The van der Waals surface area contributed by atoms with Gasteiger partial charge in [-0.3, -0.25) is 9.59 Å². The Bertz CT molecular complexity index is 748. The molecule has 0 heterocycles. The largest absolute Gasteiger partial charge is 0.462 e. The molecule has 26 heavy (non-hydrogen) atoms. The van der Waals surface area contributed by atoms with Crippen LogP contribution in [0, 0.1) is 28.6 Å². The maximum Gasteiger partial charge on any atom is 0.302 e. The van der Waals surface area contributed by atoms with Gasteiger partial charge in [0.2, 0.25) is 0 Å². The number of carbonyl (C=O) groups excluding carboxylic acids is 2. The van der Waals surface area contributed by atoms with Crippen LogP contribution < -0.4 is 0 Å². The summed E-state index contributed by atoms with van der Waals surface area (Å²) in [5, 5.41) is 0.590. The third-order valence-electron chi connectivity index (χ3n) is 7.82. The molecule has 4 rings (SSSR count). The van der Waals surface area contributed by atoms with E-state index in [0.29, 0.717) is 22.8 Å². The van der Waals surface area contributed by atoms with E-state index in [2.05, 4.69) is 26.0 Å². The highest BCUT2D eigenvalue weighted by atomic mass is 35.5. The first-order valence-corrected chi connectivity index (χ1v) is 10.1. The van der Waals surface area contributed by atoms with Gasteiger partial charge in [0.15, 0.2) is 0 Å². The third-order valence-corrected chi connectivity index (χ3v) is 8.17. The molecule has 3 nitrogen and oxygen atoms in total. The SMILES string of the molecule is CC(=O)OC1CC[C@H]2[C@@H]3C=CC4=CC(Cl)=C(C=O)C[C@]4(C)[C@H]3CC[C@]12C. The van der Waals surface area contributed by atoms with Crippen molar-refractivity contribution in [2.75, 3.05) is 0 Å². The molecule has 4 aliphatic carbocycles. The topological polar surface area (TPSA) is 43.4 Å². The number of carbonyl (C=O) groups is 2. The maximum atomic E-state index is 11.5. The lowest BCUT2D eigenvalue weighted by Crippen LogP contribution is -2.50. The number of hydrogen-bond donors (Lipinski definition) is 0. The molecule has 140 valence electrons. The highest BCUT2D eigenvalue weighted by Gasteiger charge is 2.59. The van der Waals surface area contributed by atoms with Gasteiger partial charge in [-0.25, -0.2) is 0 Å². The quantitative estimate of drug-likeness (QED) is 0.507. The predicted octanol–water partition coefficient (Wildman–Crippen LogP) is 4.96. The van der Waals surface area contributed by atoms with Crippen LogP contribution in [-0.2, 0) is 14.3 Å². The number of esters is 1. The number of rotatable bonds is 2. The molecule has 2 saturated carbocycles. The van der Waals surface area contributed by atoms with E-state index in [4.69, 9.17) is 16.3 Å². The van der Waals surface area contributed by atoms with Crippen molar-refractivity contribution in [3.8, 4) is 0 Å². The number of halogens is 1. The molecule has 4 heteroatoms. The van der Waals surface area contributed by atoms with Crippen LogP contribution >= 0.6 is 11.6 Å². The Hall–Kier alpha value is -1.35. The van der Waals surface area contributed by atoms with Gasteiger partial charge in [0.25, 0.3) is 0 Å². The average molecular weight is 375 g/mol. The van der Waals surface area contributed by atoms with Gasteiger partial charge in [-0.15, -0.1) is 0 Å². The van der Waals surface area contributed by atoms with Crippen LogP contribution in [0.15, 0.2) is 34.4 Å². The maximum absolute atomic E-state index is 11.5. The number of ether oxygens (including phenoxy) is 1. The van der Waals surface area contributed by atoms with Crippen LogP contribution in [-0.4, -0.2) is 18.4 Å². The molecule has 2 fully saturated rings. The minimum absolute atomic E-state index is 0.0328. The van der Waals surface area contributed by atoms with Crippen LogP contribution in [0.4, 0.5) is 0 Å². The molecule has 0 aliphatic heterocycles. The molecule has 0 aromatic carbocycles. The van der Waals surface area contributed by atoms with Crippen LogP contribution in [0.5, 0.6) is 0 Å². The minimum Gasteiger partial charge on any atom is -0.462 e. The van der Waals surface area contributed by atoms with Crippen LogP contribution in [0.25, 0.3) is 0 Å². The number of aldehydes is 1. The Kier molecular flexibility index (Phi) is 4.22. The summed E-state index contributed by atoms with van der Waals surface area (Å²) in [7, 11) is 0. The predicted molar refractivity (Wildman–Crippen MR) is 101 cm³/mol. The lowest BCUT2D eigenvalue weighted by atomic mass is 9.49. The fourth-order valence-corrected chi connectivity index (χ4v) is 6.65. The monoisotopic (exact) mass is 374 g/mol. The van der Waals surface area contributed by atoms with E-state index in [0.717, 1.165) is 44.0 Å². The molecule has 4 aliphatic rings. The molecule has 0 N–H and O–H groups in total. The zero-order valence-corrected chi connectivity index (χ0v) is 16.5. The van der Waals surface area contributed by atoms with Crippen LogP contribution in [0.1, 0.15) is 52.9 Å². The first-order valence-electron chi connectivity index (χ1n) is 9.71. The lowest BCUT2D eigenvalue weighted by molar-refractivity contribution is -0.155. The van der Waals surface area contributed by atoms with E-state index in [9.17, 15) is 9.59 Å². The van der Waals surface area contributed by atoms with E-state index >= 15 is 0 Å². The lowest BCUT2D eigenvalue weighted by Gasteiger charge is -2.55. The van der Waals surface area contributed by atoms with Crippen molar-refractivity contribution in [2.24, 2.45) is 28.6 Å². The van der Waals surface area contributed by atoms with Gasteiger partial charge < -0.3 is 4.74 Å². The first-order chi connectivity index (χ1) is 12.3. The third kappa shape index (κ3) is 2.46. The van der Waals surface area contributed by atoms with Crippen molar-refractivity contribution in [3.63, 3.8) is 0 Å². The van der Waals surface area contributed by atoms with Gasteiger partial charge in [-0.1, -0.05) is 37.6 Å². The van der Waals surface area contributed by atoms with E-state index in [1.54, 1.807) is 0 Å².